The van der Waals surface area contributed by atoms with Crippen molar-refractivity contribution in [3.05, 3.63) is 0 Å². The fourth-order valence-electron chi connectivity index (χ4n) is 1.75. The molecule has 1 rings (SSSR count). The summed E-state index contributed by atoms with van der Waals surface area (Å²) in [6.07, 6.45) is 4.75. The van der Waals surface area contributed by atoms with Gasteiger partial charge in [0.25, 0.3) is 0 Å². The lowest BCUT2D eigenvalue weighted by atomic mass is 10.1. The van der Waals surface area contributed by atoms with Gasteiger partial charge in [0.2, 0.25) is 0 Å². The van der Waals surface area contributed by atoms with Gasteiger partial charge in [0.1, 0.15) is 0 Å². The molecule has 0 aromatic heterocycles. The molecule has 0 radical (unpaired) electrons. The van der Waals surface area contributed by atoms with E-state index in [2.05, 4.69) is 10.1 Å². The van der Waals surface area contributed by atoms with Crippen molar-refractivity contribution in [2.45, 2.75) is 38.1 Å². The Balaban J connectivity index is 2.00. The van der Waals surface area contributed by atoms with Crippen LogP contribution in [0.4, 0.5) is 0 Å². The van der Waals surface area contributed by atoms with E-state index in [1.54, 1.807) is 0 Å². The maximum Gasteiger partial charge on any atom is 0.305 e. The molecule has 4 heteroatoms. The summed E-state index contributed by atoms with van der Waals surface area (Å²) >= 11 is 0. The zero-order valence-electron chi connectivity index (χ0n) is 9.46. The number of hydrogen-bond donors (Lipinski definition) is 1. The van der Waals surface area contributed by atoms with Gasteiger partial charge >= 0.3 is 5.97 Å². The highest BCUT2D eigenvalue weighted by Gasteiger charge is 2.11. The van der Waals surface area contributed by atoms with Crippen LogP contribution in [0.25, 0.3) is 0 Å². The first kappa shape index (κ1) is 12.5. The zero-order valence-corrected chi connectivity index (χ0v) is 9.46. The minimum absolute atomic E-state index is 0.124. The minimum Gasteiger partial charge on any atom is -0.469 e. The van der Waals surface area contributed by atoms with Crippen LogP contribution >= 0.6 is 0 Å². The van der Waals surface area contributed by atoms with Crippen LogP contribution in [0.1, 0.15) is 32.1 Å². The van der Waals surface area contributed by atoms with Gasteiger partial charge in [0.05, 0.1) is 7.11 Å². The van der Waals surface area contributed by atoms with E-state index < -0.39 is 0 Å². The van der Waals surface area contributed by atoms with E-state index in [0.29, 0.717) is 12.5 Å². The van der Waals surface area contributed by atoms with Crippen LogP contribution in [-0.2, 0) is 14.3 Å². The van der Waals surface area contributed by atoms with Crippen molar-refractivity contribution in [3.63, 3.8) is 0 Å². The van der Waals surface area contributed by atoms with E-state index in [4.69, 9.17) is 4.74 Å². The first-order chi connectivity index (χ1) is 7.33. The van der Waals surface area contributed by atoms with E-state index in [1.165, 1.54) is 13.5 Å². The summed E-state index contributed by atoms with van der Waals surface area (Å²) in [7, 11) is 1.43. The lowest BCUT2D eigenvalue weighted by Gasteiger charge is -2.14. The summed E-state index contributed by atoms with van der Waals surface area (Å²) in [5.74, 6) is -0.124. The highest BCUT2D eigenvalue weighted by atomic mass is 16.5. The standard InChI is InChI=1S/C11H21NO3/c1-14-11(13)5-2-7-12-10-4-3-8-15-9-6-10/h10,12H,2-9H2,1H3. The third kappa shape index (κ3) is 5.74. The number of esters is 1. The molecule has 0 bridgehead atoms. The number of rotatable bonds is 5. The second kappa shape index (κ2) is 7.65. The summed E-state index contributed by atoms with van der Waals surface area (Å²) < 4.78 is 9.95. The SMILES string of the molecule is COC(=O)CCCNC1CCCOCC1. The summed E-state index contributed by atoms with van der Waals surface area (Å²) in [5, 5.41) is 3.45. The predicted octanol–water partition coefficient (Wildman–Crippen LogP) is 1.10. The summed E-state index contributed by atoms with van der Waals surface area (Å²) in [6, 6.07) is 0.560. The number of hydrogen-bond acceptors (Lipinski definition) is 4. The average Bonchev–Trinajstić information content (AvgIpc) is 2.52. The molecule has 0 aromatic carbocycles. The van der Waals surface area contributed by atoms with Crippen LogP contribution in [0.5, 0.6) is 0 Å². The van der Waals surface area contributed by atoms with Crippen LogP contribution in [-0.4, -0.2) is 38.9 Å². The molecule has 1 saturated heterocycles. The van der Waals surface area contributed by atoms with Gasteiger partial charge < -0.3 is 14.8 Å². The van der Waals surface area contributed by atoms with Crippen molar-refractivity contribution in [2.75, 3.05) is 26.9 Å². The monoisotopic (exact) mass is 215 g/mol. The fourth-order valence-corrected chi connectivity index (χ4v) is 1.75. The van der Waals surface area contributed by atoms with Crippen molar-refractivity contribution in [3.8, 4) is 0 Å². The maximum absolute atomic E-state index is 10.8. The molecule has 88 valence electrons. The molecule has 0 saturated carbocycles. The molecule has 0 amide bonds. The van der Waals surface area contributed by atoms with Crippen LogP contribution in [0.2, 0.25) is 0 Å². The molecule has 1 atom stereocenters. The van der Waals surface area contributed by atoms with Crippen LogP contribution in [0, 0.1) is 0 Å². The Morgan fingerprint density at radius 3 is 3.13 bits per heavy atom. The topological polar surface area (TPSA) is 47.6 Å². The number of nitrogens with one attached hydrogen (secondary N) is 1. The van der Waals surface area contributed by atoms with Gasteiger partial charge in [-0.05, 0) is 32.2 Å². The molecule has 0 aliphatic carbocycles. The smallest absolute Gasteiger partial charge is 0.305 e. The molecule has 1 heterocycles. The van der Waals surface area contributed by atoms with E-state index in [-0.39, 0.29) is 5.97 Å². The highest BCUT2D eigenvalue weighted by molar-refractivity contribution is 5.69. The highest BCUT2D eigenvalue weighted by Crippen LogP contribution is 2.07. The van der Waals surface area contributed by atoms with Gasteiger partial charge in [0, 0.05) is 25.7 Å². The van der Waals surface area contributed by atoms with Crippen molar-refractivity contribution >= 4 is 5.97 Å². The molecule has 0 aromatic rings. The Kier molecular flexibility index (Phi) is 6.36. The average molecular weight is 215 g/mol. The predicted molar refractivity (Wildman–Crippen MR) is 57.7 cm³/mol. The largest absolute Gasteiger partial charge is 0.469 e. The third-order valence-electron chi connectivity index (χ3n) is 2.67. The summed E-state index contributed by atoms with van der Waals surface area (Å²) in [6.45, 7) is 2.63. The Hall–Kier alpha value is -0.610. The number of ether oxygens (including phenoxy) is 2. The molecular formula is C11H21NO3. The summed E-state index contributed by atoms with van der Waals surface area (Å²) in [4.78, 5) is 10.8. The van der Waals surface area contributed by atoms with Gasteiger partial charge in [-0.25, -0.2) is 0 Å². The lowest BCUT2D eigenvalue weighted by Crippen LogP contribution is -2.30. The van der Waals surface area contributed by atoms with E-state index in [0.717, 1.165) is 39.0 Å². The molecule has 4 nitrogen and oxygen atoms in total. The Morgan fingerprint density at radius 1 is 1.47 bits per heavy atom. The van der Waals surface area contributed by atoms with Gasteiger partial charge in [-0.15, -0.1) is 0 Å². The third-order valence-corrected chi connectivity index (χ3v) is 2.67. The van der Waals surface area contributed by atoms with Gasteiger partial charge in [0.15, 0.2) is 0 Å². The molecular weight excluding hydrogens is 194 g/mol. The second-order valence-corrected chi connectivity index (χ2v) is 3.87. The van der Waals surface area contributed by atoms with E-state index in [1.807, 2.05) is 0 Å². The van der Waals surface area contributed by atoms with Crippen LogP contribution in [0.15, 0.2) is 0 Å². The Bertz CT molecular complexity index is 177. The first-order valence-electron chi connectivity index (χ1n) is 5.71. The van der Waals surface area contributed by atoms with Gasteiger partial charge in [-0.2, -0.15) is 0 Å². The lowest BCUT2D eigenvalue weighted by molar-refractivity contribution is -0.140. The van der Waals surface area contributed by atoms with Gasteiger partial charge in [-0.3, -0.25) is 4.79 Å². The zero-order chi connectivity index (χ0) is 10.9. The van der Waals surface area contributed by atoms with E-state index >= 15 is 0 Å². The van der Waals surface area contributed by atoms with Crippen molar-refractivity contribution in [2.24, 2.45) is 0 Å². The molecule has 1 unspecified atom stereocenters. The molecule has 1 N–H and O–H groups in total. The molecule has 15 heavy (non-hydrogen) atoms. The normalized spacial score (nSPS) is 22.1. The van der Waals surface area contributed by atoms with Crippen molar-refractivity contribution in [1.82, 2.24) is 5.32 Å². The van der Waals surface area contributed by atoms with E-state index in [9.17, 15) is 4.79 Å². The molecule has 1 fully saturated rings. The van der Waals surface area contributed by atoms with Crippen molar-refractivity contribution in [1.29, 1.82) is 0 Å². The molecule has 1 aliphatic heterocycles. The number of carbonyl (C=O) groups excluding carboxylic acids is 1. The minimum atomic E-state index is -0.124. The Morgan fingerprint density at radius 2 is 2.33 bits per heavy atom. The van der Waals surface area contributed by atoms with Crippen LogP contribution in [0.3, 0.4) is 0 Å². The second-order valence-electron chi connectivity index (χ2n) is 3.87. The maximum atomic E-state index is 10.8. The van der Waals surface area contributed by atoms with Crippen LogP contribution < -0.4 is 5.32 Å². The quantitative estimate of drug-likeness (QED) is 0.551. The Labute approximate surface area is 91.3 Å². The van der Waals surface area contributed by atoms with Crippen molar-refractivity contribution < 1.29 is 14.3 Å². The molecule has 0 spiro atoms. The molecule has 1 aliphatic rings. The number of carbonyl (C=O) groups is 1. The first-order valence-corrected chi connectivity index (χ1v) is 5.71. The summed E-state index contributed by atoms with van der Waals surface area (Å²) in [5.41, 5.74) is 0. The van der Waals surface area contributed by atoms with Gasteiger partial charge in [-0.1, -0.05) is 0 Å². The number of methoxy groups -OCH3 is 1. The fraction of sp³-hybridized carbons (Fsp3) is 0.909.